The first-order chi connectivity index (χ1) is 16.3. The van der Waals surface area contributed by atoms with E-state index in [0.29, 0.717) is 17.7 Å². The Morgan fingerprint density at radius 3 is 2.15 bits per heavy atom. The van der Waals surface area contributed by atoms with E-state index in [1.807, 2.05) is 51.1 Å². The minimum atomic E-state index is -1.30. The topological polar surface area (TPSA) is 83.5 Å². The van der Waals surface area contributed by atoms with Gasteiger partial charge in [0.1, 0.15) is 24.4 Å². The molecule has 4 aliphatic rings. The van der Waals surface area contributed by atoms with Crippen LogP contribution in [0.25, 0.3) is 0 Å². The van der Waals surface area contributed by atoms with Crippen molar-refractivity contribution < 1.29 is 33.3 Å². The average molecular weight is 466 g/mol. The molecule has 178 valence electrons. The highest BCUT2D eigenvalue weighted by Gasteiger charge is 2.69. The maximum Gasteiger partial charge on any atom is 0.291 e. The summed E-state index contributed by atoms with van der Waals surface area (Å²) in [5.41, 5.74) is 1.31. The van der Waals surface area contributed by atoms with E-state index in [4.69, 9.17) is 23.7 Å². The number of nitrogens with zero attached hydrogens (tertiary/aromatic N) is 1. The number of fused-ring (bicyclic) bond motifs is 3. The second-order valence-corrected chi connectivity index (χ2v) is 10.2. The Hall–Kier alpha value is -2.62. The van der Waals surface area contributed by atoms with E-state index in [1.54, 1.807) is 24.3 Å². The van der Waals surface area contributed by atoms with Crippen molar-refractivity contribution in [2.75, 3.05) is 6.54 Å². The molecule has 0 saturated carbocycles. The van der Waals surface area contributed by atoms with Crippen LogP contribution in [0.2, 0.25) is 0 Å². The lowest BCUT2D eigenvalue weighted by Gasteiger charge is -2.49. The summed E-state index contributed by atoms with van der Waals surface area (Å²) in [5.74, 6) is -1.96. The number of rotatable bonds is 5. The van der Waals surface area contributed by atoms with Gasteiger partial charge in [0.05, 0.1) is 24.3 Å². The number of hydrogen-bond acceptors (Lipinski definition) is 7. The molecule has 0 N–H and O–H groups in total. The third-order valence-electron chi connectivity index (χ3n) is 6.89. The minimum Gasteiger partial charge on any atom is -0.368 e. The monoisotopic (exact) mass is 465 g/mol. The molecule has 6 rings (SSSR count). The lowest BCUT2D eigenvalue weighted by atomic mass is 9.90. The molecule has 0 aliphatic carbocycles. The molecular formula is C26H27NO7. The van der Waals surface area contributed by atoms with Gasteiger partial charge >= 0.3 is 0 Å². The Morgan fingerprint density at radius 2 is 1.50 bits per heavy atom. The molecule has 8 heteroatoms. The summed E-state index contributed by atoms with van der Waals surface area (Å²) in [5, 5.41) is 0. The van der Waals surface area contributed by atoms with E-state index < -0.39 is 42.1 Å². The second-order valence-electron chi connectivity index (χ2n) is 10.2. The summed E-state index contributed by atoms with van der Waals surface area (Å²) < 4.78 is 31.4. The SMILES string of the molecule is CC(C)(C)C12O[C@H]3O[C@H](CN4C(=O)c5ccccc5C4=O)[C@@H](O1)[C@H](OCc1ccccc1)[C@H]3O2. The predicted molar refractivity (Wildman–Crippen MR) is 119 cm³/mol. The van der Waals surface area contributed by atoms with E-state index in [2.05, 4.69) is 0 Å². The third kappa shape index (κ3) is 3.25. The molecule has 0 aromatic heterocycles. The largest absolute Gasteiger partial charge is 0.368 e. The number of imide groups is 1. The normalized spacial score (nSPS) is 34.1. The molecule has 4 aliphatic heterocycles. The van der Waals surface area contributed by atoms with Crippen molar-refractivity contribution in [2.24, 2.45) is 5.41 Å². The average Bonchev–Trinajstić information content (AvgIpc) is 3.19. The highest BCUT2D eigenvalue weighted by atomic mass is 17.0. The molecule has 1 unspecified atom stereocenters. The van der Waals surface area contributed by atoms with E-state index >= 15 is 0 Å². The predicted octanol–water partition coefficient (Wildman–Crippen LogP) is 3.11. The van der Waals surface area contributed by atoms with Crippen molar-refractivity contribution in [1.29, 1.82) is 0 Å². The van der Waals surface area contributed by atoms with Gasteiger partial charge in [-0.15, -0.1) is 0 Å². The van der Waals surface area contributed by atoms with Gasteiger partial charge in [0.2, 0.25) is 0 Å². The number of benzene rings is 2. The Morgan fingerprint density at radius 1 is 0.882 bits per heavy atom. The first kappa shape index (κ1) is 21.9. The molecule has 3 fully saturated rings. The molecule has 2 aromatic carbocycles. The molecule has 0 spiro atoms. The lowest BCUT2D eigenvalue weighted by molar-refractivity contribution is -0.430. The zero-order chi connectivity index (χ0) is 23.7. The van der Waals surface area contributed by atoms with Gasteiger partial charge in [0.15, 0.2) is 6.29 Å². The quantitative estimate of drug-likeness (QED) is 0.628. The van der Waals surface area contributed by atoms with Crippen molar-refractivity contribution >= 4 is 11.8 Å². The smallest absolute Gasteiger partial charge is 0.291 e. The van der Waals surface area contributed by atoms with Gasteiger partial charge in [-0.25, -0.2) is 0 Å². The van der Waals surface area contributed by atoms with Crippen molar-refractivity contribution in [1.82, 2.24) is 4.90 Å². The van der Waals surface area contributed by atoms with E-state index in [-0.39, 0.29) is 18.4 Å². The van der Waals surface area contributed by atoms with Crippen LogP contribution in [0, 0.1) is 5.41 Å². The summed E-state index contributed by atoms with van der Waals surface area (Å²) >= 11 is 0. The van der Waals surface area contributed by atoms with Crippen LogP contribution in [0.3, 0.4) is 0 Å². The first-order valence-corrected chi connectivity index (χ1v) is 11.6. The number of carbonyl (C=O) groups excluding carboxylic acids is 2. The van der Waals surface area contributed by atoms with Crippen LogP contribution < -0.4 is 0 Å². The summed E-state index contributed by atoms with van der Waals surface area (Å²) in [6.45, 7) is 6.31. The maximum atomic E-state index is 13.0. The number of amides is 2. The summed E-state index contributed by atoms with van der Waals surface area (Å²) in [6.07, 6.45) is -2.93. The highest BCUT2D eigenvalue weighted by molar-refractivity contribution is 6.21. The fraction of sp³-hybridized carbons (Fsp3) is 0.462. The fourth-order valence-electron chi connectivity index (χ4n) is 5.05. The first-order valence-electron chi connectivity index (χ1n) is 11.6. The van der Waals surface area contributed by atoms with Crippen LogP contribution >= 0.6 is 0 Å². The molecule has 6 atom stereocenters. The van der Waals surface area contributed by atoms with Crippen molar-refractivity contribution in [3.63, 3.8) is 0 Å². The zero-order valence-electron chi connectivity index (χ0n) is 19.3. The molecular weight excluding hydrogens is 438 g/mol. The molecule has 34 heavy (non-hydrogen) atoms. The van der Waals surface area contributed by atoms with Crippen LogP contribution in [-0.4, -0.2) is 59.9 Å². The lowest BCUT2D eigenvalue weighted by Crippen LogP contribution is -2.65. The second kappa shape index (κ2) is 7.69. The third-order valence-corrected chi connectivity index (χ3v) is 6.89. The summed E-state index contributed by atoms with van der Waals surface area (Å²) in [7, 11) is 0. The Kier molecular flexibility index (Phi) is 4.95. The Balaban J connectivity index is 1.28. The van der Waals surface area contributed by atoms with Crippen LogP contribution in [0.4, 0.5) is 0 Å². The molecule has 3 bridgehead atoms. The summed E-state index contributed by atoms with van der Waals surface area (Å²) in [4.78, 5) is 27.2. The molecule has 3 saturated heterocycles. The van der Waals surface area contributed by atoms with Gasteiger partial charge in [-0.2, -0.15) is 0 Å². The van der Waals surface area contributed by atoms with E-state index in [0.717, 1.165) is 5.56 Å². The highest BCUT2D eigenvalue weighted by Crippen LogP contribution is 2.53. The van der Waals surface area contributed by atoms with Gasteiger partial charge in [-0.1, -0.05) is 63.2 Å². The van der Waals surface area contributed by atoms with Crippen LogP contribution in [-0.2, 0) is 30.3 Å². The maximum absolute atomic E-state index is 13.0. The van der Waals surface area contributed by atoms with Crippen LogP contribution in [0.5, 0.6) is 0 Å². The Bertz CT molecular complexity index is 1090. The molecule has 2 aromatic rings. The van der Waals surface area contributed by atoms with Gasteiger partial charge in [0.25, 0.3) is 17.8 Å². The summed E-state index contributed by atoms with van der Waals surface area (Å²) in [6, 6.07) is 16.7. The Labute approximate surface area is 197 Å². The standard InChI is InChI=1S/C26H27NO7/c1-25(2,3)26-32-19-18(13-27-22(28)16-11-7-8-12-17(16)23(27)29)31-24(34-26)21(33-26)20(19)30-14-15-9-5-4-6-10-15/h4-12,18-21,24H,13-14H2,1-3H3/t18-,19-,20+,21-,24-,26?/m1/s1. The van der Waals surface area contributed by atoms with Gasteiger partial charge in [-0.3, -0.25) is 19.2 Å². The minimum absolute atomic E-state index is 0.0367. The van der Waals surface area contributed by atoms with Gasteiger partial charge in [0, 0.05) is 5.41 Å². The molecule has 8 nitrogen and oxygen atoms in total. The number of hydrogen-bond donors (Lipinski definition) is 0. The van der Waals surface area contributed by atoms with Crippen molar-refractivity contribution in [2.45, 2.75) is 64.1 Å². The van der Waals surface area contributed by atoms with E-state index in [9.17, 15) is 9.59 Å². The molecule has 0 radical (unpaired) electrons. The molecule has 2 amide bonds. The zero-order valence-corrected chi connectivity index (χ0v) is 19.3. The fourth-order valence-corrected chi connectivity index (χ4v) is 5.05. The van der Waals surface area contributed by atoms with Crippen LogP contribution in [0.1, 0.15) is 47.1 Å². The van der Waals surface area contributed by atoms with Crippen LogP contribution in [0.15, 0.2) is 54.6 Å². The van der Waals surface area contributed by atoms with Gasteiger partial charge < -0.3 is 18.9 Å². The van der Waals surface area contributed by atoms with Gasteiger partial charge in [-0.05, 0) is 17.7 Å². The van der Waals surface area contributed by atoms with E-state index in [1.165, 1.54) is 4.90 Å². The molecule has 4 heterocycles. The van der Waals surface area contributed by atoms with Crippen molar-refractivity contribution in [3.8, 4) is 0 Å². The van der Waals surface area contributed by atoms with Crippen molar-refractivity contribution in [3.05, 3.63) is 71.3 Å². The number of carbonyl (C=O) groups is 2. The number of ether oxygens (including phenoxy) is 5.